The monoisotopic (exact) mass is 374 g/mol. The van der Waals surface area contributed by atoms with Crippen LogP contribution in [0.2, 0.25) is 0 Å². The molecular formula is C19H26N4O2S. The highest BCUT2D eigenvalue weighted by atomic mass is 32.1. The van der Waals surface area contributed by atoms with Crippen molar-refractivity contribution in [1.82, 2.24) is 20.0 Å². The van der Waals surface area contributed by atoms with E-state index in [2.05, 4.69) is 27.9 Å². The van der Waals surface area contributed by atoms with Gasteiger partial charge in [-0.25, -0.2) is 4.68 Å². The maximum Gasteiger partial charge on any atom is 0.249 e. The number of aromatic nitrogens is 2. The van der Waals surface area contributed by atoms with Gasteiger partial charge < -0.3 is 15.0 Å². The van der Waals surface area contributed by atoms with Crippen molar-refractivity contribution in [3.63, 3.8) is 0 Å². The summed E-state index contributed by atoms with van der Waals surface area (Å²) in [4.78, 5) is 15.5. The lowest BCUT2D eigenvalue weighted by Crippen LogP contribution is -2.42. The summed E-state index contributed by atoms with van der Waals surface area (Å²) in [5, 5.41) is 9.59. The van der Waals surface area contributed by atoms with Crippen LogP contribution in [0.4, 0.5) is 0 Å². The van der Waals surface area contributed by atoms with Gasteiger partial charge in [0.15, 0.2) is 6.23 Å². The van der Waals surface area contributed by atoms with Crippen LogP contribution in [0.5, 0.6) is 0 Å². The molecule has 140 valence electrons. The molecule has 1 amide bonds. The topological polar surface area (TPSA) is 59.4 Å². The highest BCUT2D eigenvalue weighted by Crippen LogP contribution is 2.26. The fourth-order valence-corrected chi connectivity index (χ4v) is 3.48. The van der Waals surface area contributed by atoms with E-state index in [1.54, 1.807) is 11.3 Å². The summed E-state index contributed by atoms with van der Waals surface area (Å²) in [6.45, 7) is 1.46. The molecule has 1 aliphatic rings. The maximum absolute atomic E-state index is 12.3. The van der Waals surface area contributed by atoms with Crippen molar-refractivity contribution in [2.24, 2.45) is 0 Å². The van der Waals surface area contributed by atoms with Crippen LogP contribution >= 0.6 is 11.3 Å². The summed E-state index contributed by atoms with van der Waals surface area (Å²) in [6.07, 6.45) is 7.98. The van der Waals surface area contributed by atoms with Gasteiger partial charge in [-0.1, -0.05) is 6.07 Å². The molecule has 3 heterocycles. The van der Waals surface area contributed by atoms with Crippen LogP contribution in [0.3, 0.4) is 0 Å². The Labute approximate surface area is 158 Å². The molecule has 1 fully saturated rings. The molecule has 2 aromatic heterocycles. The molecule has 1 saturated heterocycles. The second-order valence-corrected chi connectivity index (χ2v) is 7.65. The predicted molar refractivity (Wildman–Crippen MR) is 105 cm³/mol. The zero-order valence-corrected chi connectivity index (χ0v) is 16.1. The normalized spacial score (nSPS) is 20.7. The van der Waals surface area contributed by atoms with E-state index in [4.69, 9.17) is 4.74 Å². The molecule has 3 rings (SSSR count). The van der Waals surface area contributed by atoms with Gasteiger partial charge in [0.25, 0.3) is 0 Å². The van der Waals surface area contributed by atoms with Crippen LogP contribution in [-0.4, -0.2) is 53.9 Å². The first-order chi connectivity index (χ1) is 12.6. The van der Waals surface area contributed by atoms with Gasteiger partial charge in [0.1, 0.15) is 6.10 Å². The van der Waals surface area contributed by atoms with E-state index < -0.39 is 6.10 Å². The molecule has 0 aromatic carbocycles. The molecule has 7 heteroatoms. The van der Waals surface area contributed by atoms with Gasteiger partial charge in [-0.2, -0.15) is 5.10 Å². The van der Waals surface area contributed by atoms with Gasteiger partial charge in [-0.3, -0.25) is 4.79 Å². The Bertz CT molecular complexity index is 724. The van der Waals surface area contributed by atoms with Crippen LogP contribution in [0.15, 0.2) is 29.8 Å². The van der Waals surface area contributed by atoms with Crippen molar-refractivity contribution >= 4 is 29.4 Å². The van der Waals surface area contributed by atoms with Crippen molar-refractivity contribution < 1.29 is 9.53 Å². The number of hydrogen-bond donors (Lipinski definition) is 1. The largest absolute Gasteiger partial charge is 0.353 e. The highest BCUT2D eigenvalue weighted by Gasteiger charge is 2.28. The number of likely N-dealkylation sites (N-methyl/N-ethyl adjacent to an activating group) is 1. The quantitative estimate of drug-likeness (QED) is 0.810. The number of amides is 1. The Morgan fingerprint density at radius 3 is 3.08 bits per heavy atom. The molecule has 6 nitrogen and oxygen atoms in total. The number of ether oxygens (including phenoxy) is 1. The fraction of sp³-hybridized carbons (Fsp3) is 0.474. The molecule has 1 aliphatic heterocycles. The molecule has 0 saturated carbocycles. The van der Waals surface area contributed by atoms with Gasteiger partial charge in [0.05, 0.1) is 5.69 Å². The summed E-state index contributed by atoms with van der Waals surface area (Å²) < 4.78 is 7.84. The van der Waals surface area contributed by atoms with Crippen LogP contribution in [0, 0.1) is 0 Å². The van der Waals surface area contributed by atoms with Gasteiger partial charge in [0.2, 0.25) is 5.91 Å². The van der Waals surface area contributed by atoms with Crippen molar-refractivity contribution in [3.8, 4) is 0 Å². The Kier molecular flexibility index (Phi) is 6.60. The van der Waals surface area contributed by atoms with Gasteiger partial charge in [-0.05, 0) is 63.0 Å². The second kappa shape index (κ2) is 9.12. The number of nitrogens with one attached hydrogen (secondary N) is 1. The van der Waals surface area contributed by atoms with Crippen molar-refractivity contribution in [2.45, 2.75) is 31.6 Å². The zero-order valence-electron chi connectivity index (χ0n) is 15.3. The number of carbonyl (C=O) groups is 1. The Morgan fingerprint density at radius 2 is 2.31 bits per heavy atom. The highest BCUT2D eigenvalue weighted by molar-refractivity contribution is 7.10. The standard InChI is InChI=1S/C19H26N4O2S/c1-22(2)13-11-20-19(24)17-6-3-7-18(25-17)23-12-10-15(21-23)8-9-16-5-4-14-26-16/h4-5,8-10,12,14,17-18H,3,6-7,11,13H2,1-2H3,(H,20,24)/b9-8+. The van der Waals surface area contributed by atoms with Gasteiger partial charge in [0, 0.05) is 24.2 Å². The van der Waals surface area contributed by atoms with E-state index in [1.807, 2.05) is 48.1 Å². The molecule has 0 bridgehead atoms. The first-order valence-corrected chi connectivity index (χ1v) is 9.84. The molecule has 2 unspecified atom stereocenters. The Balaban J connectivity index is 1.55. The summed E-state index contributed by atoms with van der Waals surface area (Å²) in [7, 11) is 3.98. The third-order valence-corrected chi connectivity index (χ3v) is 5.11. The van der Waals surface area contributed by atoms with Crippen molar-refractivity contribution in [1.29, 1.82) is 0 Å². The lowest BCUT2D eigenvalue weighted by molar-refractivity contribution is -0.149. The fourth-order valence-electron chi connectivity index (χ4n) is 2.86. The summed E-state index contributed by atoms with van der Waals surface area (Å²) in [5.74, 6) is -0.0264. The van der Waals surface area contributed by atoms with E-state index >= 15 is 0 Å². The SMILES string of the molecule is CN(C)CCNC(=O)C1CCCC(n2ccc(/C=C/c3cccs3)n2)O1. The van der Waals surface area contributed by atoms with E-state index in [9.17, 15) is 4.79 Å². The summed E-state index contributed by atoms with van der Waals surface area (Å²) in [6, 6.07) is 6.07. The van der Waals surface area contributed by atoms with Crippen LogP contribution < -0.4 is 5.32 Å². The van der Waals surface area contributed by atoms with E-state index in [-0.39, 0.29) is 12.1 Å². The third kappa shape index (κ3) is 5.27. The molecule has 1 N–H and O–H groups in total. The third-order valence-electron chi connectivity index (χ3n) is 4.27. The number of thiophene rings is 1. The number of hydrogen-bond acceptors (Lipinski definition) is 5. The minimum absolute atomic E-state index is 0.0264. The molecule has 2 atom stereocenters. The average molecular weight is 375 g/mol. The van der Waals surface area contributed by atoms with Crippen LogP contribution in [-0.2, 0) is 9.53 Å². The van der Waals surface area contributed by atoms with Gasteiger partial charge >= 0.3 is 0 Å². The van der Waals surface area contributed by atoms with Crippen LogP contribution in [0.1, 0.15) is 36.1 Å². The molecule has 0 radical (unpaired) electrons. The number of rotatable bonds is 7. The molecular weight excluding hydrogens is 348 g/mol. The van der Waals surface area contributed by atoms with Crippen molar-refractivity contribution in [2.75, 3.05) is 27.2 Å². The summed E-state index contributed by atoms with van der Waals surface area (Å²) >= 11 is 1.70. The van der Waals surface area contributed by atoms with Crippen LogP contribution in [0.25, 0.3) is 12.2 Å². The smallest absolute Gasteiger partial charge is 0.249 e. The molecule has 0 spiro atoms. The predicted octanol–water partition coefficient (Wildman–Crippen LogP) is 2.86. The number of nitrogens with zero attached hydrogens (tertiary/aromatic N) is 3. The first kappa shape index (κ1) is 18.8. The number of carbonyl (C=O) groups excluding carboxylic acids is 1. The van der Waals surface area contributed by atoms with E-state index in [0.29, 0.717) is 6.54 Å². The van der Waals surface area contributed by atoms with E-state index in [0.717, 1.165) is 31.5 Å². The molecule has 0 aliphatic carbocycles. The Hall–Kier alpha value is -1.96. The minimum Gasteiger partial charge on any atom is -0.353 e. The lowest BCUT2D eigenvalue weighted by Gasteiger charge is -2.29. The van der Waals surface area contributed by atoms with E-state index in [1.165, 1.54) is 4.88 Å². The Morgan fingerprint density at radius 1 is 1.42 bits per heavy atom. The maximum atomic E-state index is 12.3. The van der Waals surface area contributed by atoms with Gasteiger partial charge in [-0.15, -0.1) is 11.3 Å². The zero-order chi connectivity index (χ0) is 18.4. The van der Waals surface area contributed by atoms with Crippen molar-refractivity contribution in [3.05, 3.63) is 40.3 Å². The second-order valence-electron chi connectivity index (χ2n) is 6.67. The summed E-state index contributed by atoms with van der Waals surface area (Å²) in [5.41, 5.74) is 0.888. The average Bonchev–Trinajstić information content (AvgIpc) is 3.31. The minimum atomic E-state index is -0.398. The molecule has 26 heavy (non-hydrogen) atoms. The lowest BCUT2D eigenvalue weighted by atomic mass is 10.1. The molecule has 2 aromatic rings. The first-order valence-electron chi connectivity index (χ1n) is 8.96.